The summed E-state index contributed by atoms with van der Waals surface area (Å²) in [5.41, 5.74) is 8.18. The quantitative estimate of drug-likeness (QED) is 0.548. The number of hydrogen-bond acceptors (Lipinski definition) is 8. The Morgan fingerprint density at radius 2 is 1.63 bits per heavy atom. The molecule has 0 aliphatic carbocycles. The summed E-state index contributed by atoms with van der Waals surface area (Å²) in [4.78, 5) is 0. The molecular formula is C23H26B2BrClN2O6. The lowest BCUT2D eigenvalue weighted by atomic mass is 9.77. The van der Waals surface area contributed by atoms with Crippen molar-refractivity contribution < 1.29 is 28.1 Å². The summed E-state index contributed by atoms with van der Waals surface area (Å²) >= 11 is 10.2. The monoisotopic (exact) mass is 562 g/mol. The van der Waals surface area contributed by atoms with Crippen molar-refractivity contribution in [3.05, 3.63) is 44.9 Å². The fraction of sp³-hybridized carbons (Fsp3) is 0.478. The summed E-state index contributed by atoms with van der Waals surface area (Å²) in [6.45, 7) is 7.39. The molecule has 2 aromatic carbocycles. The Morgan fingerprint density at radius 1 is 0.971 bits per heavy atom. The van der Waals surface area contributed by atoms with Crippen LogP contribution in [0.2, 0.25) is 5.02 Å². The molecule has 4 aliphatic rings. The maximum atomic E-state index is 6.47. The zero-order valence-electron chi connectivity index (χ0n) is 19.7. The smallest absolute Gasteiger partial charge is 0.491 e. The van der Waals surface area contributed by atoms with Crippen LogP contribution in [-0.4, -0.2) is 51.9 Å². The minimum atomic E-state index is -0.865. The lowest BCUT2D eigenvalue weighted by Crippen LogP contribution is -2.54. The van der Waals surface area contributed by atoms with Crippen LogP contribution in [0.4, 0.5) is 0 Å². The highest BCUT2D eigenvalue weighted by Crippen LogP contribution is 2.39. The van der Waals surface area contributed by atoms with Gasteiger partial charge in [0, 0.05) is 39.1 Å². The molecule has 6 rings (SSSR count). The normalized spacial score (nSPS) is 28.1. The highest BCUT2D eigenvalue weighted by atomic mass is 79.9. The molecule has 0 aromatic heterocycles. The molecule has 0 bridgehead atoms. The second kappa shape index (κ2) is 8.63. The molecule has 4 heterocycles. The Bertz CT molecular complexity index is 1190. The van der Waals surface area contributed by atoms with Crippen LogP contribution < -0.4 is 31.4 Å². The van der Waals surface area contributed by atoms with Gasteiger partial charge in [-0.15, -0.1) is 0 Å². The Balaban J connectivity index is 1.25. The number of rotatable bonds is 4. The van der Waals surface area contributed by atoms with Crippen molar-refractivity contribution in [3.63, 3.8) is 0 Å². The van der Waals surface area contributed by atoms with E-state index in [-0.39, 0.29) is 18.8 Å². The van der Waals surface area contributed by atoms with Crippen LogP contribution in [0.3, 0.4) is 0 Å². The first-order chi connectivity index (χ1) is 16.7. The van der Waals surface area contributed by atoms with Crippen molar-refractivity contribution >= 4 is 52.7 Å². The molecule has 0 radical (unpaired) electrons. The SMILES string of the molecule is CC1(C)COc2ccc(Br)c3c2B(O[C@@H]3CNC2(C)COc3ccc(Cl)c4c3B(O[C@@H]4CN)O2)O1. The van der Waals surface area contributed by atoms with Gasteiger partial charge in [0.25, 0.3) is 0 Å². The van der Waals surface area contributed by atoms with E-state index in [1.165, 1.54) is 0 Å². The predicted octanol–water partition coefficient (Wildman–Crippen LogP) is 2.20. The van der Waals surface area contributed by atoms with Gasteiger partial charge in [-0.05, 0) is 50.6 Å². The molecule has 0 saturated heterocycles. The van der Waals surface area contributed by atoms with Crippen molar-refractivity contribution in [1.82, 2.24) is 5.32 Å². The second-order valence-corrected chi connectivity index (χ2v) is 11.3. The van der Waals surface area contributed by atoms with Gasteiger partial charge in [0.1, 0.15) is 30.4 Å². The van der Waals surface area contributed by atoms with Gasteiger partial charge in [0.2, 0.25) is 0 Å². The molecule has 184 valence electrons. The molecule has 4 aliphatic heterocycles. The van der Waals surface area contributed by atoms with E-state index in [0.717, 1.165) is 32.3 Å². The van der Waals surface area contributed by atoms with Crippen molar-refractivity contribution in [2.45, 2.75) is 44.3 Å². The first-order valence-electron chi connectivity index (χ1n) is 11.7. The maximum Gasteiger partial charge on any atom is 0.500 e. The van der Waals surface area contributed by atoms with Crippen molar-refractivity contribution in [1.29, 1.82) is 0 Å². The fourth-order valence-electron chi connectivity index (χ4n) is 5.10. The number of benzene rings is 2. The third kappa shape index (κ3) is 4.10. The van der Waals surface area contributed by atoms with E-state index in [0.29, 0.717) is 30.5 Å². The van der Waals surface area contributed by atoms with Crippen molar-refractivity contribution in [3.8, 4) is 11.5 Å². The fourth-order valence-corrected chi connectivity index (χ4v) is 5.99. The molecule has 0 amide bonds. The molecule has 0 fully saturated rings. The number of ether oxygens (including phenoxy) is 2. The van der Waals surface area contributed by atoms with Gasteiger partial charge in [-0.2, -0.15) is 0 Å². The molecule has 3 N–H and O–H groups in total. The van der Waals surface area contributed by atoms with E-state index in [1.54, 1.807) is 0 Å². The zero-order valence-corrected chi connectivity index (χ0v) is 22.1. The average molecular weight is 563 g/mol. The summed E-state index contributed by atoms with van der Waals surface area (Å²) in [5.74, 6) is 1.48. The van der Waals surface area contributed by atoms with Gasteiger partial charge in [-0.25, -0.2) is 0 Å². The first-order valence-corrected chi connectivity index (χ1v) is 12.9. The highest BCUT2D eigenvalue weighted by Gasteiger charge is 2.50. The van der Waals surface area contributed by atoms with Gasteiger partial charge >= 0.3 is 14.2 Å². The van der Waals surface area contributed by atoms with E-state index in [1.807, 2.05) is 45.0 Å². The van der Waals surface area contributed by atoms with E-state index in [2.05, 4.69) is 21.2 Å². The van der Waals surface area contributed by atoms with Crippen LogP contribution in [0.25, 0.3) is 0 Å². The molecule has 0 saturated carbocycles. The standard InChI is InChI=1S/C23H26B2BrClN2O6/c1-22(2)10-30-14-6-4-12(26)18-17(33-24(34-22)20(14)18)9-29-23(3)11-31-15-7-5-13(27)19-16(8-28)32-25(35-23)21(15)19/h4-7,16-17,29H,8-11,28H2,1-3H3/t16-,17-,23?/m1/s1. The lowest BCUT2D eigenvalue weighted by Gasteiger charge is -2.32. The molecular weight excluding hydrogens is 537 g/mol. The van der Waals surface area contributed by atoms with Crippen LogP contribution in [0.1, 0.15) is 44.1 Å². The third-order valence-electron chi connectivity index (χ3n) is 6.83. The van der Waals surface area contributed by atoms with Gasteiger partial charge < -0.3 is 33.8 Å². The molecule has 8 nitrogen and oxygen atoms in total. The Kier molecular flexibility index (Phi) is 5.93. The number of halogens is 2. The van der Waals surface area contributed by atoms with Gasteiger partial charge in [-0.1, -0.05) is 27.5 Å². The number of hydrogen-bond donors (Lipinski definition) is 2. The summed E-state index contributed by atoms with van der Waals surface area (Å²) in [6, 6.07) is 7.60. The van der Waals surface area contributed by atoms with Crippen LogP contribution in [0, 0.1) is 0 Å². The highest BCUT2D eigenvalue weighted by molar-refractivity contribution is 9.10. The predicted molar refractivity (Wildman–Crippen MR) is 137 cm³/mol. The van der Waals surface area contributed by atoms with E-state index >= 15 is 0 Å². The summed E-state index contributed by atoms with van der Waals surface area (Å²) < 4.78 is 38.4. The van der Waals surface area contributed by atoms with Crippen LogP contribution in [0.15, 0.2) is 28.7 Å². The molecule has 3 atom stereocenters. The third-order valence-corrected chi connectivity index (χ3v) is 7.85. The van der Waals surface area contributed by atoms with E-state index in [4.69, 9.17) is 45.4 Å². The number of nitrogens with two attached hydrogens (primary N) is 1. The van der Waals surface area contributed by atoms with Crippen LogP contribution >= 0.6 is 27.5 Å². The van der Waals surface area contributed by atoms with Gasteiger partial charge in [-0.3, -0.25) is 5.32 Å². The van der Waals surface area contributed by atoms with E-state index in [9.17, 15) is 0 Å². The van der Waals surface area contributed by atoms with Crippen LogP contribution in [-0.2, 0) is 18.6 Å². The largest absolute Gasteiger partial charge is 0.500 e. The van der Waals surface area contributed by atoms with Gasteiger partial charge in [0.15, 0.2) is 0 Å². The van der Waals surface area contributed by atoms with Crippen molar-refractivity contribution in [2.24, 2.45) is 5.73 Å². The Morgan fingerprint density at radius 3 is 2.40 bits per heavy atom. The second-order valence-electron chi connectivity index (χ2n) is 10.1. The molecule has 2 aromatic rings. The summed E-state index contributed by atoms with van der Waals surface area (Å²) in [7, 11) is -1.16. The maximum absolute atomic E-state index is 6.47. The molecule has 0 spiro atoms. The van der Waals surface area contributed by atoms with Crippen LogP contribution in [0.5, 0.6) is 11.5 Å². The zero-order chi connectivity index (χ0) is 24.5. The molecule has 12 heteroatoms. The first kappa shape index (κ1) is 24.1. The lowest BCUT2D eigenvalue weighted by molar-refractivity contribution is -0.0224. The summed E-state index contributed by atoms with van der Waals surface area (Å²) in [5, 5.41) is 4.10. The van der Waals surface area contributed by atoms with Gasteiger partial charge in [0.05, 0.1) is 17.8 Å². The molecule has 1 unspecified atom stereocenters. The minimum Gasteiger partial charge on any atom is -0.491 e. The summed E-state index contributed by atoms with van der Waals surface area (Å²) in [6.07, 6.45) is -0.640. The minimum absolute atomic E-state index is 0.269. The molecule has 35 heavy (non-hydrogen) atoms. The van der Waals surface area contributed by atoms with E-state index < -0.39 is 25.6 Å². The Hall–Kier alpha value is -1.30. The Labute approximate surface area is 218 Å². The number of nitrogens with one attached hydrogen (secondary N) is 1. The topological polar surface area (TPSA) is 93.4 Å². The van der Waals surface area contributed by atoms with Crippen molar-refractivity contribution in [2.75, 3.05) is 26.3 Å². The average Bonchev–Trinajstić information content (AvgIpc) is 3.28.